The van der Waals surface area contributed by atoms with E-state index in [1.807, 2.05) is 0 Å². The first-order valence-corrected chi connectivity index (χ1v) is 10.9. The predicted octanol–water partition coefficient (Wildman–Crippen LogP) is 5.89. The van der Waals surface area contributed by atoms with E-state index in [1.165, 1.54) is 42.5 Å². The zero-order valence-electron chi connectivity index (χ0n) is 14.3. The molecule has 1 atom stereocenters. The zero-order valence-corrected chi connectivity index (χ0v) is 18.1. The molecular formula is C19H12Cl4O5S. The lowest BCUT2D eigenvalue weighted by Gasteiger charge is -2.34. The van der Waals surface area contributed by atoms with Crippen molar-refractivity contribution in [2.45, 2.75) is 4.75 Å². The molecule has 0 aliphatic heterocycles. The monoisotopic (exact) mass is 492 g/mol. The van der Waals surface area contributed by atoms with Crippen molar-refractivity contribution in [3.05, 3.63) is 91.4 Å². The third-order valence-corrected chi connectivity index (χ3v) is 7.51. The SMILES string of the molecule is O=S(=O)(O)C(c1ccccc1)(c1cccc(O)c1Cl)c1c(O)cc(Cl)c(Cl)c1Cl. The highest BCUT2D eigenvalue weighted by molar-refractivity contribution is 7.87. The smallest absolute Gasteiger partial charge is 0.283 e. The average Bonchev–Trinajstić information content (AvgIpc) is 2.66. The van der Waals surface area contributed by atoms with E-state index in [4.69, 9.17) is 46.4 Å². The molecule has 0 spiro atoms. The molecule has 0 saturated carbocycles. The van der Waals surface area contributed by atoms with Gasteiger partial charge in [-0.05, 0) is 11.6 Å². The van der Waals surface area contributed by atoms with Gasteiger partial charge in [0.1, 0.15) is 11.5 Å². The number of rotatable bonds is 4. The molecule has 3 aromatic rings. The molecular weight excluding hydrogens is 482 g/mol. The summed E-state index contributed by atoms with van der Waals surface area (Å²) >= 11 is 24.7. The number of hydrogen-bond donors (Lipinski definition) is 3. The second-order valence-corrected chi connectivity index (χ2v) is 9.15. The van der Waals surface area contributed by atoms with E-state index in [-0.39, 0.29) is 26.2 Å². The van der Waals surface area contributed by atoms with Gasteiger partial charge in [-0.3, -0.25) is 4.55 Å². The van der Waals surface area contributed by atoms with Crippen molar-refractivity contribution in [2.24, 2.45) is 0 Å². The van der Waals surface area contributed by atoms with Crippen LogP contribution < -0.4 is 0 Å². The molecule has 1 unspecified atom stereocenters. The van der Waals surface area contributed by atoms with Crippen LogP contribution in [0.1, 0.15) is 16.7 Å². The molecule has 152 valence electrons. The Labute approximate surface area is 186 Å². The first-order valence-electron chi connectivity index (χ1n) is 7.91. The highest BCUT2D eigenvalue weighted by Gasteiger charge is 2.53. The summed E-state index contributed by atoms with van der Waals surface area (Å²) in [7, 11) is -5.14. The van der Waals surface area contributed by atoms with Gasteiger partial charge in [-0.25, -0.2) is 0 Å². The van der Waals surface area contributed by atoms with Gasteiger partial charge in [0.15, 0.2) is 4.75 Å². The van der Waals surface area contributed by atoms with Gasteiger partial charge in [-0.1, -0.05) is 88.9 Å². The third-order valence-electron chi connectivity index (χ3n) is 4.42. The Morgan fingerprint density at radius 1 is 0.759 bits per heavy atom. The lowest BCUT2D eigenvalue weighted by atomic mass is 9.83. The Bertz CT molecular complexity index is 1200. The number of halogens is 4. The van der Waals surface area contributed by atoms with Gasteiger partial charge < -0.3 is 10.2 Å². The fourth-order valence-electron chi connectivity index (χ4n) is 3.23. The van der Waals surface area contributed by atoms with Crippen LogP contribution in [0.3, 0.4) is 0 Å². The first kappa shape index (κ1) is 22.0. The van der Waals surface area contributed by atoms with Gasteiger partial charge in [0, 0.05) is 17.2 Å². The summed E-state index contributed by atoms with van der Waals surface area (Å²) in [6, 6.07) is 12.3. The topological polar surface area (TPSA) is 94.8 Å². The molecule has 10 heteroatoms. The van der Waals surface area contributed by atoms with Crippen LogP contribution in [0.4, 0.5) is 0 Å². The molecule has 0 bridgehead atoms. The van der Waals surface area contributed by atoms with E-state index in [2.05, 4.69) is 0 Å². The molecule has 0 amide bonds. The minimum Gasteiger partial charge on any atom is -0.507 e. The van der Waals surface area contributed by atoms with E-state index in [0.717, 1.165) is 6.07 Å². The molecule has 0 saturated heterocycles. The van der Waals surface area contributed by atoms with Crippen LogP contribution in [-0.2, 0) is 14.9 Å². The third kappa shape index (κ3) is 3.44. The predicted molar refractivity (Wildman–Crippen MR) is 114 cm³/mol. The Morgan fingerprint density at radius 2 is 1.38 bits per heavy atom. The van der Waals surface area contributed by atoms with Gasteiger partial charge in [-0.15, -0.1) is 0 Å². The Hall–Kier alpha value is -1.67. The van der Waals surface area contributed by atoms with Gasteiger partial charge in [-0.2, -0.15) is 8.42 Å². The standard InChI is InChI=1S/C19H12Cl4O5S/c20-12-9-14(25)15(18(23)17(12)22)19(29(26,27)28,10-5-2-1-3-6-10)11-7-4-8-13(24)16(11)21/h1-9,24-25H,(H,26,27,28). The molecule has 3 aromatic carbocycles. The van der Waals surface area contributed by atoms with Gasteiger partial charge in [0.05, 0.1) is 20.1 Å². The second-order valence-electron chi connectivity index (χ2n) is 6.04. The fourth-order valence-corrected chi connectivity index (χ4v) is 5.70. The van der Waals surface area contributed by atoms with E-state index < -0.39 is 37.0 Å². The van der Waals surface area contributed by atoms with Gasteiger partial charge in [0.2, 0.25) is 0 Å². The molecule has 0 aromatic heterocycles. The van der Waals surface area contributed by atoms with Crippen LogP contribution in [0.25, 0.3) is 0 Å². The summed E-state index contributed by atoms with van der Waals surface area (Å²) in [5, 5.41) is 19.6. The molecule has 0 fully saturated rings. The number of phenolic OH excluding ortho intramolecular Hbond substituents is 2. The quantitative estimate of drug-likeness (QED) is 0.239. The number of phenols is 2. The van der Waals surface area contributed by atoms with Crippen LogP contribution in [0.15, 0.2) is 54.6 Å². The number of hydrogen-bond acceptors (Lipinski definition) is 4. The van der Waals surface area contributed by atoms with Crippen LogP contribution in [0, 0.1) is 0 Å². The molecule has 3 rings (SSSR count). The lowest BCUT2D eigenvalue weighted by Crippen LogP contribution is -2.39. The molecule has 3 N–H and O–H groups in total. The van der Waals surface area contributed by atoms with Crippen molar-refractivity contribution in [3.63, 3.8) is 0 Å². The summed E-state index contributed by atoms with van der Waals surface area (Å²) in [4.78, 5) is 0. The zero-order chi connectivity index (χ0) is 21.6. The van der Waals surface area contributed by atoms with Crippen molar-refractivity contribution in [2.75, 3.05) is 0 Å². The van der Waals surface area contributed by atoms with Crippen LogP contribution >= 0.6 is 46.4 Å². The summed E-state index contributed by atoms with van der Waals surface area (Å²) in [6.45, 7) is 0. The van der Waals surface area contributed by atoms with E-state index in [9.17, 15) is 23.2 Å². The van der Waals surface area contributed by atoms with Crippen molar-refractivity contribution in [1.29, 1.82) is 0 Å². The van der Waals surface area contributed by atoms with Gasteiger partial charge >= 0.3 is 0 Å². The van der Waals surface area contributed by atoms with Crippen molar-refractivity contribution < 1.29 is 23.2 Å². The average molecular weight is 494 g/mol. The van der Waals surface area contributed by atoms with Crippen LogP contribution in [0.2, 0.25) is 20.1 Å². The van der Waals surface area contributed by atoms with E-state index in [1.54, 1.807) is 6.07 Å². The van der Waals surface area contributed by atoms with Crippen LogP contribution in [0.5, 0.6) is 11.5 Å². The highest BCUT2D eigenvalue weighted by Crippen LogP contribution is 2.54. The molecule has 0 aliphatic rings. The van der Waals surface area contributed by atoms with E-state index >= 15 is 0 Å². The Morgan fingerprint density at radius 3 is 1.97 bits per heavy atom. The first-order chi connectivity index (χ1) is 13.5. The second kappa shape index (κ2) is 7.87. The van der Waals surface area contributed by atoms with Crippen molar-refractivity contribution in [3.8, 4) is 11.5 Å². The normalized spacial score (nSPS) is 13.8. The molecule has 5 nitrogen and oxygen atoms in total. The summed E-state index contributed by atoms with van der Waals surface area (Å²) < 4.78 is 33.9. The molecule has 29 heavy (non-hydrogen) atoms. The maximum absolute atomic E-state index is 13.0. The summed E-state index contributed by atoms with van der Waals surface area (Å²) in [6.07, 6.45) is 0. The number of benzene rings is 3. The molecule has 0 heterocycles. The maximum Gasteiger partial charge on any atom is 0.283 e. The van der Waals surface area contributed by atoms with Crippen molar-refractivity contribution >= 4 is 56.5 Å². The lowest BCUT2D eigenvalue weighted by molar-refractivity contribution is 0.439. The van der Waals surface area contributed by atoms with Crippen LogP contribution in [-0.4, -0.2) is 23.2 Å². The fraction of sp³-hybridized carbons (Fsp3) is 0.0526. The van der Waals surface area contributed by atoms with E-state index in [0.29, 0.717) is 0 Å². The molecule has 0 aliphatic carbocycles. The largest absolute Gasteiger partial charge is 0.507 e. The highest BCUT2D eigenvalue weighted by atomic mass is 35.5. The Balaban J connectivity index is 2.67. The maximum atomic E-state index is 13.0. The minimum atomic E-state index is -5.14. The minimum absolute atomic E-state index is 0.00871. The summed E-state index contributed by atoms with van der Waals surface area (Å²) in [5.41, 5.74) is -0.719. The van der Waals surface area contributed by atoms with Crippen molar-refractivity contribution in [1.82, 2.24) is 0 Å². The van der Waals surface area contributed by atoms with Gasteiger partial charge in [0.25, 0.3) is 10.1 Å². The number of aromatic hydroxyl groups is 2. The molecule has 0 radical (unpaired) electrons. The Kier molecular flexibility index (Phi) is 5.98. The summed E-state index contributed by atoms with van der Waals surface area (Å²) in [5.74, 6) is -1.09.